The Morgan fingerprint density at radius 3 is 3.00 bits per heavy atom. The summed E-state index contributed by atoms with van der Waals surface area (Å²) >= 11 is 0. The fraction of sp³-hybridized carbons (Fsp3) is 0.500. The molecule has 0 radical (unpaired) electrons. The standard InChI is InChI=1S/C20H28N4O3/c1-4-8-26-18-6-5-16(15(2)10-18)11-21-20(25)24-7-9-27-19(14-24)17-12-22-23(3)13-17/h5-6,10,12-13,19H,4,7-9,11,14H2,1-3H3,(H,21,25)/t19-/m0/s1. The molecule has 0 spiro atoms. The van der Waals surface area contributed by atoms with E-state index in [2.05, 4.69) is 17.3 Å². The highest BCUT2D eigenvalue weighted by atomic mass is 16.5. The molecule has 1 aliphatic heterocycles. The first-order valence-electron chi connectivity index (χ1n) is 9.42. The van der Waals surface area contributed by atoms with Gasteiger partial charge < -0.3 is 19.7 Å². The molecule has 1 atom stereocenters. The van der Waals surface area contributed by atoms with Gasteiger partial charge in [0.2, 0.25) is 0 Å². The Kier molecular flexibility index (Phi) is 6.34. The third-order valence-corrected chi connectivity index (χ3v) is 4.67. The van der Waals surface area contributed by atoms with E-state index >= 15 is 0 Å². The van der Waals surface area contributed by atoms with E-state index in [1.807, 2.05) is 38.4 Å². The van der Waals surface area contributed by atoms with Gasteiger partial charge in [-0.05, 0) is 36.6 Å². The van der Waals surface area contributed by atoms with Crippen LogP contribution in [-0.2, 0) is 18.3 Å². The Labute approximate surface area is 160 Å². The summed E-state index contributed by atoms with van der Waals surface area (Å²) in [5.41, 5.74) is 3.19. The molecule has 27 heavy (non-hydrogen) atoms. The van der Waals surface area contributed by atoms with E-state index in [0.717, 1.165) is 28.9 Å². The van der Waals surface area contributed by atoms with Crippen LogP contribution < -0.4 is 10.1 Å². The van der Waals surface area contributed by atoms with Gasteiger partial charge in [-0.2, -0.15) is 5.10 Å². The predicted octanol–water partition coefficient (Wildman–Crippen LogP) is 2.80. The molecule has 3 rings (SSSR count). The lowest BCUT2D eigenvalue weighted by Gasteiger charge is -2.32. The zero-order valence-electron chi connectivity index (χ0n) is 16.3. The van der Waals surface area contributed by atoms with E-state index in [4.69, 9.17) is 9.47 Å². The van der Waals surface area contributed by atoms with E-state index in [1.165, 1.54) is 0 Å². The van der Waals surface area contributed by atoms with E-state index in [9.17, 15) is 4.79 Å². The Hall–Kier alpha value is -2.54. The van der Waals surface area contributed by atoms with Crippen LogP contribution in [0, 0.1) is 6.92 Å². The second-order valence-corrected chi connectivity index (χ2v) is 6.85. The zero-order valence-corrected chi connectivity index (χ0v) is 16.3. The number of aromatic nitrogens is 2. The molecule has 2 amide bonds. The number of amides is 2. The normalized spacial score (nSPS) is 17.0. The first-order valence-corrected chi connectivity index (χ1v) is 9.42. The highest BCUT2D eigenvalue weighted by molar-refractivity contribution is 5.74. The van der Waals surface area contributed by atoms with Crippen LogP contribution in [0.15, 0.2) is 30.6 Å². The quantitative estimate of drug-likeness (QED) is 0.847. The third-order valence-electron chi connectivity index (χ3n) is 4.67. The van der Waals surface area contributed by atoms with Gasteiger partial charge in [0.05, 0.1) is 26.0 Å². The molecule has 0 aliphatic carbocycles. The van der Waals surface area contributed by atoms with Gasteiger partial charge in [0.1, 0.15) is 11.9 Å². The number of rotatable bonds is 6. The molecule has 1 aromatic carbocycles. The summed E-state index contributed by atoms with van der Waals surface area (Å²) in [5, 5.41) is 7.20. The molecular formula is C20H28N4O3. The van der Waals surface area contributed by atoms with Crippen LogP contribution >= 0.6 is 0 Å². The molecule has 146 valence electrons. The molecule has 1 aliphatic rings. The molecule has 0 saturated carbocycles. The second-order valence-electron chi connectivity index (χ2n) is 6.85. The highest BCUT2D eigenvalue weighted by Crippen LogP contribution is 2.22. The van der Waals surface area contributed by atoms with Crippen LogP contribution in [-0.4, -0.2) is 47.0 Å². The number of hydrogen-bond donors (Lipinski definition) is 1. The summed E-state index contributed by atoms with van der Waals surface area (Å²) in [6.45, 7) is 6.97. The molecule has 1 aromatic heterocycles. The van der Waals surface area contributed by atoms with Gasteiger partial charge >= 0.3 is 6.03 Å². The molecule has 0 bridgehead atoms. The van der Waals surface area contributed by atoms with Crippen molar-refractivity contribution in [2.45, 2.75) is 32.9 Å². The van der Waals surface area contributed by atoms with E-state index in [1.54, 1.807) is 15.8 Å². The van der Waals surface area contributed by atoms with Crippen molar-refractivity contribution in [3.63, 3.8) is 0 Å². The number of carbonyl (C=O) groups excluding carboxylic acids is 1. The van der Waals surface area contributed by atoms with Crippen molar-refractivity contribution < 1.29 is 14.3 Å². The van der Waals surface area contributed by atoms with Crippen molar-refractivity contribution in [2.75, 3.05) is 26.3 Å². The Balaban J connectivity index is 1.54. The minimum Gasteiger partial charge on any atom is -0.494 e. The number of benzene rings is 1. The fourth-order valence-electron chi connectivity index (χ4n) is 3.10. The van der Waals surface area contributed by atoms with Crippen molar-refractivity contribution in [1.29, 1.82) is 0 Å². The first-order chi connectivity index (χ1) is 13.1. The van der Waals surface area contributed by atoms with E-state index < -0.39 is 0 Å². The van der Waals surface area contributed by atoms with Crippen molar-refractivity contribution in [3.05, 3.63) is 47.3 Å². The number of nitrogens with zero attached hydrogens (tertiary/aromatic N) is 3. The summed E-state index contributed by atoms with van der Waals surface area (Å²) < 4.78 is 13.2. The van der Waals surface area contributed by atoms with E-state index in [0.29, 0.717) is 32.8 Å². The maximum atomic E-state index is 12.6. The molecular weight excluding hydrogens is 344 g/mol. The summed E-state index contributed by atoms with van der Waals surface area (Å²) in [6.07, 6.45) is 4.57. The maximum Gasteiger partial charge on any atom is 0.317 e. The molecule has 2 aromatic rings. The lowest BCUT2D eigenvalue weighted by atomic mass is 10.1. The summed E-state index contributed by atoms with van der Waals surface area (Å²) in [5.74, 6) is 0.872. The first kappa shape index (κ1) is 19.2. The largest absolute Gasteiger partial charge is 0.494 e. The van der Waals surface area contributed by atoms with Crippen molar-refractivity contribution in [3.8, 4) is 5.75 Å². The number of carbonyl (C=O) groups is 1. The van der Waals surface area contributed by atoms with Crippen LogP contribution in [0.3, 0.4) is 0 Å². The Morgan fingerprint density at radius 2 is 2.30 bits per heavy atom. The van der Waals surface area contributed by atoms with E-state index in [-0.39, 0.29) is 12.1 Å². The summed E-state index contributed by atoms with van der Waals surface area (Å²) in [6, 6.07) is 5.91. The van der Waals surface area contributed by atoms with Crippen molar-refractivity contribution in [2.24, 2.45) is 7.05 Å². The number of aryl methyl sites for hydroxylation is 2. The molecule has 0 unspecified atom stereocenters. The topological polar surface area (TPSA) is 68.6 Å². The summed E-state index contributed by atoms with van der Waals surface area (Å²) in [4.78, 5) is 14.4. The number of hydrogen-bond acceptors (Lipinski definition) is 4. The molecule has 1 saturated heterocycles. The lowest BCUT2D eigenvalue weighted by Crippen LogP contribution is -2.46. The molecule has 1 fully saturated rings. The number of ether oxygens (including phenoxy) is 2. The molecule has 7 heteroatoms. The van der Waals surface area contributed by atoms with Gasteiger partial charge in [0, 0.05) is 31.9 Å². The number of urea groups is 1. The van der Waals surface area contributed by atoms with Gasteiger partial charge in [-0.25, -0.2) is 4.79 Å². The Bertz CT molecular complexity index is 774. The lowest BCUT2D eigenvalue weighted by molar-refractivity contribution is -0.0155. The van der Waals surface area contributed by atoms with Gasteiger partial charge in [0.15, 0.2) is 0 Å². The van der Waals surface area contributed by atoms with Crippen LogP contribution in [0.25, 0.3) is 0 Å². The van der Waals surface area contributed by atoms with Crippen LogP contribution in [0.5, 0.6) is 5.75 Å². The minimum absolute atomic E-state index is 0.0714. The van der Waals surface area contributed by atoms with Crippen LogP contribution in [0.4, 0.5) is 4.79 Å². The minimum atomic E-state index is -0.130. The van der Waals surface area contributed by atoms with Crippen molar-refractivity contribution >= 4 is 6.03 Å². The molecule has 1 N–H and O–H groups in total. The SMILES string of the molecule is CCCOc1ccc(CNC(=O)N2CCO[C@H](c3cnn(C)c3)C2)c(C)c1. The predicted molar refractivity (Wildman–Crippen MR) is 103 cm³/mol. The highest BCUT2D eigenvalue weighted by Gasteiger charge is 2.26. The van der Waals surface area contributed by atoms with Crippen LogP contribution in [0.2, 0.25) is 0 Å². The average Bonchev–Trinajstić information content (AvgIpc) is 3.12. The molecule has 2 heterocycles. The zero-order chi connectivity index (χ0) is 19.2. The van der Waals surface area contributed by atoms with Gasteiger partial charge in [-0.3, -0.25) is 4.68 Å². The Morgan fingerprint density at radius 1 is 1.44 bits per heavy atom. The monoisotopic (exact) mass is 372 g/mol. The maximum absolute atomic E-state index is 12.6. The fourth-order valence-corrected chi connectivity index (χ4v) is 3.10. The molecule has 7 nitrogen and oxygen atoms in total. The van der Waals surface area contributed by atoms with Gasteiger partial charge in [0.25, 0.3) is 0 Å². The number of morpholine rings is 1. The third kappa shape index (κ3) is 5.01. The number of nitrogens with one attached hydrogen (secondary N) is 1. The average molecular weight is 372 g/mol. The van der Waals surface area contributed by atoms with Gasteiger partial charge in [-0.15, -0.1) is 0 Å². The van der Waals surface area contributed by atoms with Gasteiger partial charge in [-0.1, -0.05) is 13.0 Å². The summed E-state index contributed by atoms with van der Waals surface area (Å²) in [7, 11) is 1.87. The smallest absolute Gasteiger partial charge is 0.317 e. The van der Waals surface area contributed by atoms with Crippen LogP contribution in [0.1, 0.15) is 36.1 Å². The van der Waals surface area contributed by atoms with Crippen molar-refractivity contribution in [1.82, 2.24) is 20.0 Å². The second kappa shape index (κ2) is 8.90.